The molecule has 92 valence electrons. The van der Waals surface area contributed by atoms with Gasteiger partial charge in [-0.1, -0.05) is 0 Å². The third kappa shape index (κ3) is 2.08. The molecule has 0 aromatic carbocycles. The number of hydrogen-bond donors (Lipinski definition) is 2. The summed E-state index contributed by atoms with van der Waals surface area (Å²) in [4.78, 5) is 11.9. The summed E-state index contributed by atoms with van der Waals surface area (Å²) in [7, 11) is -2.98. The van der Waals surface area contributed by atoms with Crippen LogP contribution in [0.3, 0.4) is 0 Å². The van der Waals surface area contributed by atoms with Gasteiger partial charge in [-0.25, -0.2) is 8.42 Å². The van der Waals surface area contributed by atoms with Crippen molar-refractivity contribution in [3.63, 3.8) is 0 Å². The average molecular weight is 246 g/mol. The molecular weight excluding hydrogens is 228 g/mol. The third-order valence-corrected chi connectivity index (χ3v) is 5.55. The molecule has 3 N–H and O–H groups in total. The number of carbonyl (C=O) groups excluding carboxylic acids is 1. The van der Waals surface area contributed by atoms with E-state index in [1.807, 2.05) is 0 Å². The van der Waals surface area contributed by atoms with Crippen LogP contribution in [0, 0.1) is 5.41 Å². The van der Waals surface area contributed by atoms with Gasteiger partial charge in [0.05, 0.1) is 22.5 Å². The van der Waals surface area contributed by atoms with Crippen LogP contribution in [-0.4, -0.2) is 37.9 Å². The highest BCUT2D eigenvalue weighted by molar-refractivity contribution is 7.91. The molecule has 1 heterocycles. The molecule has 1 unspecified atom stereocenters. The Kier molecular flexibility index (Phi) is 2.54. The summed E-state index contributed by atoms with van der Waals surface area (Å²) in [6.07, 6.45) is 2.14. The van der Waals surface area contributed by atoms with Crippen molar-refractivity contribution in [1.82, 2.24) is 5.32 Å². The molecule has 0 spiro atoms. The number of amides is 1. The predicted molar refractivity (Wildman–Crippen MR) is 60.5 cm³/mol. The largest absolute Gasteiger partial charge is 0.349 e. The number of hydrogen-bond acceptors (Lipinski definition) is 4. The van der Waals surface area contributed by atoms with Gasteiger partial charge < -0.3 is 11.1 Å². The summed E-state index contributed by atoms with van der Waals surface area (Å²) < 4.78 is 22.8. The fraction of sp³-hybridized carbons (Fsp3) is 0.900. The highest BCUT2D eigenvalue weighted by Crippen LogP contribution is 2.45. The molecule has 0 radical (unpaired) electrons. The number of sulfone groups is 1. The minimum Gasteiger partial charge on any atom is -0.349 e. The second kappa shape index (κ2) is 3.43. The summed E-state index contributed by atoms with van der Waals surface area (Å²) in [6, 6.07) is 0. The van der Waals surface area contributed by atoms with Crippen molar-refractivity contribution in [3.8, 4) is 0 Å². The summed E-state index contributed by atoms with van der Waals surface area (Å²) in [5.41, 5.74) is 4.56. The molecule has 16 heavy (non-hydrogen) atoms. The van der Waals surface area contributed by atoms with Crippen LogP contribution in [0.25, 0.3) is 0 Å². The zero-order valence-electron chi connectivity index (χ0n) is 9.45. The van der Waals surface area contributed by atoms with E-state index in [2.05, 4.69) is 5.32 Å². The lowest BCUT2D eigenvalue weighted by Crippen LogP contribution is -2.51. The second-order valence-electron chi connectivity index (χ2n) is 5.34. The topological polar surface area (TPSA) is 89.3 Å². The second-order valence-corrected chi connectivity index (χ2v) is 7.53. The molecule has 2 aliphatic rings. The summed E-state index contributed by atoms with van der Waals surface area (Å²) in [6.45, 7) is 2.14. The average Bonchev–Trinajstić information content (AvgIpc) is 2.90. The van der Waals surface area contributed by atoms with Crippen molar-refractivity contribution in [3.05, 3.63) is 0 Å². The van der Waals surface area contributed by atoms with Crippen LogP contribution in [0.15, 0.2) is 0 Å². The maximum atomic E-state index is 11.9. The lowest BCUT2D eigenvalue weighted by Gasteiger charge is -2.26. The molecule has 1 aliphatic heterocycles. The summed E-state index contributed by atoms with van der Waals surface area (Å²) in [5, 5.41) is 2.87. The predicted octanol–water partition coefficient (Wildman–Crippen LogP) is -0.581. The van der Waals surface area contributed by atoms with E-state index < -0.39 is 20.8 Å². The minimum atomic E-state index is -2.98. The monoisotopic (exact) mass is 246 g/mol. The van der Waals surface area contributed by atoms with Gasteiger partial charge in [0.1, 0.15) is 0 Å². The minimum absolute atomic E-state index is 0.0480. The summed E-state index contributed by atoms with van der Waals surface area (Å²) >= 11 is 0. The van der Waals surface area contributed by atoms with Gasteiger partial charge in [-0.2, -0.15) is 0 Å². The molecular formula is C10H18N2O3S. The maximum absolute atomic E-state index is 11.9. The van der Waals surface area contributed by atoms with Gasteiger partial charge >= 0.3 is 0 Å². The Hall–Kier alpha value is -0.620. The maximum Gasteiger partial charge on any atom is 0.227 e. The first-order valence-electron chi connectivity index (χ1n) is 5.54. The Labute approximate surface area is 95.7 Å². The fourth-order valence-corrected chi connectivity index (χ4v) is 4.28. The first kappa shape index (κ1) is 11.9. The van der Waals surface area contributed by atoms with Crippen LogP contribution < -0.4 is 11.1 Å². The Morgan fingerprint density at radius 1 is 1.38 bits per heavy atom. The number of nitrogens with two attached hydrogens (primary N) is 1. The van der Waals surface area contributed by atoms with Crippen LogP contribution >= 0.6 is 0 Å². The van der Waals surface area contributed by atoms with Crippen LogP contribution in [0.1, 0.15) is 26.2 Å². The Morgan fingerprint density at radius 2 is 2.00 bits per heavy atom. The van der Waals surface area contributed by atoms with Crippen LogP contribution in [0.4, 0.5) is 0 Å². The van der Waals surface area contributed by atoms with E-state index in [-0.39, 0.29) is 17.4 Å². The summed E-state index contributed by atoms with van der Waals surface area (Å²) in [5.74, 6) is 0.140. The molecule has 0 aromatic heterocycles. The van der Waals surface area contributed by atoms with Gasteiger partial charge in [-0.3, -0.25) is 4.79 Å². The molecule has 5 nitrogen and oxygen atoms in total. The van der Waals surface area contributed by atoms with E-state index in [1.54, 1.807) is 6.92 Å². The van der Waals surface area contributed by atoms with E-state index in [0.29, 0.717) is 13.0 Å². The molecule has 1 saturated carbocycles. The van der Waals surface area contributed by atoms with Crippen molar-refractivity contribution in [2.24, 2.45) is 11.1 Å². The lowest BCUT2D eigenvalue weighted by atomic mass is 9.99. The van der Waals surface area contributed by atoms with E-state index >= 15 is 0 Å². The lowest BCUT2D eigenvalue weighted by molar-refractivity contribution is -0.127. The molecule has 1 aliphatic carbocycles. The van der Waals surface area contributed by atoms with Gasteiger partial charge in [0.2, 0.25) is 5.91 Å². The van der Waals surface area contributed by atoms with Crippen LogP contribution in [-0.2, 0) is 14.6 Å². The van der Waals surface area contributed by atoms with Crippen molar-refractivity contribution in [2.75, 3.05) is 18.1 Å². The Bertz CT molecular complexity index is 414. The number of carbonyl (C=O) groups is 1. The molecule has 6 heteroatoms. The third-order valence-electron chi connectivity index (χ3n) is 3.64. The van der Waals surface area contributed by atoms with Gasteiger partial charge in [0.15, 0.2) is 9.84 Å². The fourth-order valence-electron chi connectivity index (χ4n) is 2.19. The highest BCUT2D eigenvalue weighted by atomic mass is 32.2. The zero-order chi connectivity index (χ0) is 12.0. The van der Waals surface area contributed by atoms with Gasteiger partial charge in [-0.15, -0.1) is 0 Å². The Balaban J connectivity index is 2.03. The van der Waals surface area contributed by atoms with E-state index in [1.165, 1.54) is 0 Å². The SMILES string of the molecule is CC1(NC(=O)C2(CN)CC2)CCS(=O)(=O)C1. The molecule has 1 amide bonds. The quantitative estimate of drug-likeness (QED) is 0.697. The standard InChI is InChI=1S/C10H18N2O3S/c1-9(4-5-16(14,15)7-9)12-8(13)10(6-11)2-3-10/h2-7,11H2,1H3,(H,12,13). The highest BCUT2D eigenvalue weighted by Gasteiger charge is 2.51. The van der Waals surface area contributed by atoms with E-state index in [0.717, 1.165) is 12.8 Å². The van der Waals surface area contributed by atoms with Crippen LogP contribution in [0.2, 0.25) is 0 Å². The van der Waals surface area contributed by atoms with E-state index in [4.69, 9.17) is 5.73 Å². The van der Waals surface area contributed by atoms with Crippen molar-refractivity contribution in [1.29, 1.82) is 0 Å². The molecule has 2 fully saturated rings. The normalized spacial score (nSPS) is 34.6. The van der Waals surface area contributed by atoms with Crippen molar-refractivity contribution < 1.29 is 13.2 Å². The molecule has 0 bridgehead atoms. The number of rotatable bonds is 3. The van der Waals surface area contributed by atoms with Gasteiger partial charge in [-0.05, 0) is 26.2 Å². The van der Waals surface area contributed by atoms with Gasteiger partial charge in [0, 0.05) is 6.54 Å². The van der Waals surface area contributed by atoms with Crippen LogP contribution in [0.5, 0.6) is 0 Å². The molecule has 1 atom stereocenters. The number of nitrogens with one attached hydrogen (secondary N) is 1. The zero-order valence-corrected chi connectivity index (χ0v) is 10.3. The molecule has 2 rings (SSSR count). The molecule has 1 saturated heterocycles. The van der Waals surface area contributed by atoms with Crippen molar-refractivity contribution in [2.45, 2.75) is 31.7 Å². The first-order valence-corrected chi connectivity index (χ1v) is 7.36. The smallest absolute Gasteiger partial charge is 0.227 e. The van der Waals surface area contributed by atoms with E-state index in [9.17, 15) is 13.2 Å². The van der Waals surface area contributed by atoms with Gasteiger partial charge in [0.25, 0.3) is 0 Å². The first-order chi connectivity index (χ1) is 7.31. The molecule has 0 aromatic rings. The Morgan fingerprint density at radius 3 is 2.38 bits per heavy atom. The van der Waals surface area contributed by atoms with Crippen molar-refractivity contribution >= 4 is 15.7 Å².